The van der Waals surface area contributed by atoms with Crippen molar-refractivity contribution >= 4 is 24.2 Å². The predicted molar refractivity (Wildman–Crippen MR) is 97.6 cm³/mol. The lowest BCUT2D eigenvalue weighted by Gasteiger charge is -2.18. The largest absolute Gasteiger partial charge is 0.416 e. The van der Waals surface area contributed by atoms with Crippen LogP contribution in [0.3, 0.4) is 0 Å². The molecule has 0 radical (unpaired) electrons. The number of nitrogens with zero attached hydrogens (tertiary/aromatic N) is 1. The third-order valence-electron chi connectivity index (χ3n) is 5.06. The lowest BCUT2D eigenvalue weighted by atomic mass is 10.0. The summed E-state index contributed by atoms with van der Waals surface area (Å²) in [7, 11) is 0. The highest BCUT2D eigenvalue weighted by Crippen LogP contribution is 2.30. The van der Waals surface area contributed by atoms with Gasteiger partial charge in [0, 0.05) is 45.1 Å². The maximum atomic E-state index is 12.8. The second-order valence-corrected chi connectivity index (χ2v) is 7.10. The average Bonchev–Trinajstić information content (AvgIpc) is 3.18. The third-order valence-corrected chi connectivity index (χ3v) is 5.06. The number of likely N-dealkylation sites (tertiary alicyclic amines) is 1. The number of nitrogens with one attached hydrogen (secondary N) is 2. The van der Waals surface area contributed by atoms with E-state index in [1.807, 2.05) is 0 Å². The minimum atomic E-state index is -4.44. The molecular weight excluding hydrogens is 399 g/mol. The van der Waals surface area contributed by atoms with Gasteiger partial charge in [-0.25, -0.2) is 0 Å². The summed E-state index contributed by atoms with van der Waals surface area (Å²) in [5.74, 6) is -1.12. The topological polar surface area (TPSA) is 81.7 Å². The summed E-state index contributed by atoms with van der Waals surface area (Å²) in [6, 6.07) is 4.85. The van der Waals surface area contributed by atoms with E-state index in [0.29, 0.717) is 25.2 Å². The van der Waals surface area contributed by atoms with Crippen LogP contribution in [-0.2, 0) is 22.3 Å². The van der Waals surface area contributed by atoms with Crippen molar-refractivity contribution in [2.24, 2.45) is 11.8 Å². The normalized spacial score (nSPS) is 24.9. The molecule has 2 aliphatic rings. The van der Waals surface area contributed by atoms with E-state index in [-0.39, 0.29) is 49.6 Å². The number of benzene rings is 1. The molecule has 2 heterocycles. The van der Waals surface area contributed by atoms with Crippen molar-refractivity contribution in [3.05, 3.63) is 35.4 Å². The van der Waals surface area contributed by atoms with Crippen LogP contribution in [0.15, 0.2) is 24.3 Å². The van der Waals surface area contributed by atoms with Gasteiger partial charge in [-0.15, -0.1) is 12.4 Å². The van der Waals surface area contributed by atoms with E-state index in [1.165, 1.54) is 17.0 Å². The summed E-state index contributed by atoms with van der Waals surface area (Å²) >= 11 is 0. The molecule has 3 rings (SSSR count). The first-order valence-corrected chi connectivity index (χ1v) is 8.84. The van der Waals surface area contributed by atoms with Crippen LogP contribution < -0.4 is 10.6 Å². The molecule has 3 N–H and O–H groups in total. The van der Waals surface area contributed by atoms with Crippen molar-refractivity contribution in [1.29, 1.82) is 0 Å². The van der Waals surface area contributed by atoms with Gasteiger partial charge in [-0.05, 0) is 17.7 Å². The maximum absolute atomic E-state index is 12.8. The Morgan fingerprint density at radius 3 is 2.71 bits per heavy atom. The molecule has 1 aromatic carbocycles. The van der Waals surface area contributed by atoms with Crippen LogP contribution in [-0.4, -0.2) is 54.1 Å². The molecule has 6 nitrogen and oxygen atoms in total. The first kappa shape index (κ1) is 22.4. The zero-order valence-electron chi connectivity index (χ0n) is 15.0. The summed E-state index contributed by atoms with van der Waals surface area (Å²) in [6.45, 7) is 1.65. The summed E-state index contributed by atoms with van der Waals surface area (Å²) in [6.07, 6.45) is -4.91. The number of amides is 2. The molecule has 10 heteroatoms. The van der Waals surface area contributed by atoms with Gasteiger partial charge in [-0.1, -0.05) is 12.1 Å². The number of aliphatic hydroxyl groups excluding tert-OH is 1. The van der Waals surface area contributed by atoms with Crippen molar-refractivity contribution in [2.75, 3.05) is 26.2 Å². The van der Waals surface area contributed by atoms with E-state index >= 15 is 0 Å². The molecule has 3 atom stereocenters. The molecule has 1 aromatic rings. The van der Waals surface area contributed by atoms with Gasteiger partial charge in [0.2, 0.25) is 11.8 Å². The summed E-state index contributed by atoms with van der Waals surface area (Å²) < 4.78 is 38.4. The Morgan fingerprint density at radius 1 is 1.32 bits per heavy atom. The van der Waals surface area contributed by atoms with Crippen LogP contribution >= 0.6 is 12.4 Å². The molecule has 2 saturated heterocycles. The quantitative estimate of drug-likeness (QED) is 0.666. The van der Waals surface area contributed by atoms with Crippen molar-refractivity contribution in [3.63, 3.8) is 0 Å². The van der Waals surface area contributed by atoms with Crippen LogP contribution in [0.4, 0.5) is 13.2 Å². The zero-order chi connectivity index (χ0) is 19.6. The van der Waals surface area contributed by atoms with Gasteiger partial charge in [0.15, 0.2) is 0 Å². The fraction of sp³-hybridized carbons (Fsp3) is 0.556. The average molecular weight is 422 g/mol. The lowest BCUT2D eigenvalue weighted by Crippen LogP contribution is -2.38. The number of rotatable bonds is 5. The standard InChI is InChI=1S/C18H22F3N3O3.ClH/c19-18(20,21)14-3-1-2-11(4-14)9-24-10-12(5-16(24)26)17(27)23-7-13-6-22-8-15(13)25;/h1-4,12-13,15,22,25H,5-10H2,(H,23,27);1H. The summed E-state index contributed by atoms with van der Waals surface area (Å²) in [4.78, 5) is 25.9. The van der Waals surface area contributed by atoms with Gasteiger partial charge in [-0.3, -0.25) is 9.59 Å². The molecule has 0 aromatic heterocycles. The Bertz CT molecular complexity index is 717. The van der Waals surface area contributed by atoms with E-state index in [0.717, 1.165) is 12.1 Å². The number of aliphatic hydroxyl groups is 1. The van der Waals surface area contributed by atoms with Crippen molar-refractivity contribution in [2.45, 2.75) is 25.2 Å². The molecule has 2 fully saturated rings. The SMILES string of the molecule is Cl.O=C(NCC1CNCC1O)C1CC(=O)N(Cc2cccc(C(F)(F)F)c2)C1. The number of β-amino-alcohol motifs (C(OH)–C–C–N with tert-alkyl or cyclic N) is 1. The Kier molecular flexibility index (Phi) is 7.30. The Balaban J connectivity index is 0.00000280. The van der Waals surface area contributed by atoms with Gasteiger partial charge in [0.1, 0.15) is 0 Å². The Labute approximate surface area is 166 Å². The number of alkyl halides is 3. The van der Waals surface area contributed by atoms with Gasteiger partial charge in [0.05, 0.1) is 17.6 Å². The molecule has 156 valence electrons. The molecule has 0 spiro atoms. The number of hydrogen-bond acceptors (Lipinski definition) is 4. The minimum absolute atomic E-state index is 0. The van der Waals surface area contributed by atoms with E-state index in [9.17, 15) is 27.9 Å². The molecule has 2 amide bonds. The highest BCUT2D eigenvalue weighted by molar-refractivity contribution is 5.89. The summed E-state index contributed by atoms with van der Waals surface area (Å²) in [5.41, 5.74) is -0.385. The maximum Gasteiger partial charge on any atom is 0.416 e. The van der Waals surface area contributed by atoms with Gasteiger partial charge >= 0.3 is 6.18 Å². The molecule has 28 heavy (non-hydrogen) atoms. The molecule has 3 unspecified atom stereocenters. The molecule has 0 aliphatic carbocycles. The predicted octanol–water partition coefficient (Wildman–Crippen LogP) is 1.17. The van der Waals surface area contributed by atoms with E-state index in [2.05, 4.69) is 10.6 Å². The van der Waals surface area contributed by atoms with Gasteiger partial charge in [0.25, 0.3) is 0 Å². The van der Waals surface area contributed by atoms with Crippen molar-refractivity contribution in [1.82, 2.24) is 15.5 Å². The number of carbonyl (C=O) groups excluding carboxylic acids is 2. The Morgan fingerprint density at radius 2 is 2.07 bits per heavy atom. The smallest absolute Gasteiger partial charge is 0.391 e. The summed E-state index contributed by atoms with van der Waals surface area (Å²) in [5, 5.41) is 15.5. The van der Waals surface area contributed by atoms with Crippen molar-refractivity contribution in [3.8, 4) is 0 Å². The highest BCUT2D eigenvalue weighted by Gasteiger charge is 2.36. The highest BCUT2D eigenvalue weighted by atomic mass is 35.5. The van der Waals surface area contributed by atoms with Crippen LogP contribution in [0.5, 0.6) is 0 Å². The number of carbonyl (C=O) groups is 2. The zero-order valence-corrected chi connectivity index (χ0v) is 15.9. The first-order chi connectivity index (χ1) is 12.7. The van der Waals surface area contributed by atoms with Crippen LogP contribution in [0.1, 0.15) is 17.5 Å². The molecule has 0 bridgehead atoms. The minimum Gasteiger partial charge on any atom is -0.391 e. The van der Waals surface area contributed by atoms with Crippen LogP contribution in [0.25, 0.3) is 0 Å². The van der Waals surface area contributed by atoms with E-state index in [4.69, 9.17) is 0 Å². The monoisotopic (exact) mass is 421 g/mol. The van der Waals surface area contributed by atoms with Crippen LogP contribution in [0, 0.1) is 11.8 Å². The number of hydrogen-bond donors (Lipinski definition) is 3. The number of halogens is 4. The first-order valence-electron chi connectivity index (χ1n) is 8.84. The fourth-order valence-electron chi connectivity index (χ4n) is 3.47. The molecule has 0 saturated carbocycles. The fourth-order valence-corrected chi connectivity index (χ4v) is 3.47. The molecule has 2 aliphatic heterocycles. The van der Waals surface area contributed by atoms with Gasteiger partial charge < -0.3 is 20.6 Å². The second-order valence-electron chi connectivity index (χ2n) is 7.10. The Hall–Kier alpha value is -1.84. The lowest BCUT2D eigenvalue weighted by molar-refractivity contribution is -0.137. The van der Waals surface area contributed by atoms with Crippen molar-refractivity contribution < 1.29 is 27.9 Å². The van der Waals surface area contributed by atoms with Gasteiger partial charge in [-0.2, -0.15) is 13.2 Å². The molecular formula is C18H23ClF3N3O3. The third kappa shape index (κ3) is 5.36. The van der Waals surface area contributed by atoms with Crippen LogP contribution in [0.2, 0.25) is 0 Å². The second kappa shape index (κ2) is 9.11. The van der Waals surface area contributed by atoms with E-state index < -0.39 is 23.8 Å². The van der Waals surface area contributed by atoms with E-state index in [1.54, 1.807) is 0 Å².